The van der Waals surface area contributed by atoms with Crippen LogP contribution < -0.4 is 4.72 Å². The molecule has 0 saturated carbocycles. The Hall–Kier alpha value is -1.86. The van der Waals surface area contributed by atoms with Gasteiger partial charge in [-0.05, 0) is 18.2 Å². The molecule has 2 aromatic rings. The van der Waals surface area contributed by atoms with Crippen molar-refractivity contribution in [2.24, 2.45) is 7.05 Å². The molecule has 1 heterocycles. The van der Waals surface area contributed by atoms with Crippen LogP contribution in [-0.2, 0) is 23.6 Å². The van der Waals surface area contributed by atoms with E-state index in [2.05, 4.69) is 9.71 Å². The minimum absolute atomic E-state index is 0.0247. The van der Waals surface area contributed by atoms with Crippen molar-refractivity contribution in [3.8, 4) is 5.75 Å². The van der Waals surface area contributed by atoms with Crippen LogP contribution in [0.15, 0.2) is 41.6 Å². The van der Waals surface area contributed by atoms with Crippen LogP contribution in [0.1, 0.15) is 5.82 Å². The van der Waals surface area contributed by atoms with Crippen molar-refractivity contribution in [1.29, 1.82) is 0 Å². The second-order valence-corrected chi connectivity index (χ2v) is 5.54. The number of phenolic OH excluding ortho intramolecular Hbond substituents is 1. The highest BCUT2D eigenvalue weighted by atomic mass is 32.2. The molecule has 0 bridgehead atoms. The highest BCUT2D eigenvalue weighted by molar-refractivity contribution is 7.89. The van der Waals surface area contributed by atoms with Gasteiger partial charge in [0, 0.05) is 19.4 Å². The van der Waals surface area contributed by atoms with Gasteiger partial charge in [-0.2, -0.15) is 0 Å². The van der Waals surface area contributed by atoms with Gasteiger partial charge >= 0.3 is 0 Å². The third kappa shape index (κ3) is 2.69. The molecule has 0 spiro atoms. The summed E-state index contributed by atoms with van der Waals surface area (Å²) < 4.78 is 28.0. The molecule has 0 unspecified atom stereocenters. The summed E-state index contributed by atoms with van der Waals surface area (Å²) >= 11 is 0. The predicted molar refractivity (Wildman–Crippen MR) is 65.3 cm³/mol. The fraction of sp³-hybridized carbons (Fsp3) is 0.182. The lowest BCUT2D eigenvalue weighted by atomic mass is 10.3. The van der Waals surface area contributed by atoms with Crippen LogP contribution in [0.2, 0.25) is 0 Å². The van der Waals surface area contributed by atoms with Gasteiger partial charge in [0.15, 0.2) is 0 Å². The van der Waals surface area contributed by atoms with E-state index < -0.39 is 10.0 Å². The van der Waals surface area contributed by atoms with Gasteiger partial charge in [0.05, 0.1) is 11.4 Å². The standard InChI is InChI=1S/C11H13N3O3S/c1-14-6-5-12-11(14)8-13-18(16,17)10-4-2-3-9(15)7-10/h2-7,13,15H,8H2,1H3. The van der Waals surface area contributed by atoms with Crippen LogP contribution in [-0.4, -0.2) is 23.1 Å². The van der Waals surface area contributed by atoms with Gasteiger partial charge in [-0.25, -0.2) is 18.1 Å². The quantitative estimate of drug-likeness (QED) is 0.849. The number of hydrogen-bond acceptors (Lipinski definition) is 4. The lowest BCUT2D eigenvalue weighted by molar-refractivity contribution is 0.473. The Balaban J connectivity index is 2.16. The molecule has 96 valence electrons. The van der Waals surface area contributed by atoms with E-state index in [0.29, 0.717) is 5.82 Å². The summed E-state index contributed by atoms with van der Waals surface area (Å²) in [6.45, 7) is 0.0987. The maximum atomic E-state index is 11.9. The Kier molecular flexibility index (Phi) is 3.35. The molecule has 0 saturated heterocycles. The molecular weight excluding hydrogens is 254 g/mol. The summed E-state index contributed by atoms with van der Waals surface area (Å²) in [5.74, 6) is 0.522. The van der Waals surface area contributed by atoms with Crippen molar-refractivity contribution in [1.82, 2.24) is 14.3 Å². The number of aromatic hydroxyl groups is 1. The van der Waals surface area contributed by atoms with E-state index in [4.69, 9.17) is 0 Å². The summed E-state index contributed by atoms with van der Waals surface area (Å²) in [6.07, 6.45) is 3.33. The zero-order valence-corrected chi connectivity index (χ0v) is 10.6. The largest absolute Gasteiger partial charge is 0.508 e. The number of hydrogen-bond donors (Lipinski definition) is 2. The Labute approximate surface area is 105 Å². The number of nitrogens with one attached hydrogen (secondary N) is 1. The predicted octanol–water partition coefficient (Wildman–Crippen LogP) is 0.604. The second-order valence-electron chi connectivity index (χ2n) is 3.78. The number of aryl methyl sites for hydroxylation is 1. The molecule has 0 radical (unpaired) electrons. The van der Waals surface area contributed by atoms with Gasteiger partial charge in [0.25, 0.3) is 0 Å². The van der Waals surface area contributed by atoms with Gasteiger partial charge in [-0.3, -0.25) is 0 Å². The number of phenols is 1. The number of sulfonamides is 1. The first kappa shape index (κ1) is 12.6. The van der Waals surface area contributed by atoms with Crippen molar-refractivity contribution in [2.45, 2.75) is 11.4 Å². The summed E-state index contributed by atoms with van der Waals surface area (Å²) in [5, 5.41) is 9.26. The molecular formula is C11H13N3O3S. The number of aromatic nitrogens is 2. The maximum Gasteiger partial charge on any atom is 0.241 e. The van der Waals surface area contributed by atoms with Gasteiger partial charge in [0.1, 0.15) is 11.6 Å². The smallest absolute Gasteiger partial charge is 0.241 e. The van der Waals surface area contributed by atoms with Crippen LogP contribution in [0.3, 0.4) is 0 Å². The van der Waals surface area contributed by atoms with Gasteiger partial charge < -0.3 is 9.67 Å². The zero-order chi connectivity index (χ0) is 13.2. The molecule has 7 heteroatoms. The number of nitrogens with zero attached hydrogens (tertiary/aromatic N) is 2. The van der Waals surface area contributed by atoms with E-state index in [1.54, 1.807) is 24.0 Å². The van der Waals surface area contributed by atoms with Crippen LogP contribution in [0.4, 0.5) is 0 Å². The fourth-order valence-corrected chi connectivity index (χ4v) is 2.48. The first-order valence-corrected chi connectivity index (χ1v) is 6.72. The van der Waals surface area contributed by atoms with E-state index >= 15 is 0 Å². The zero-order valence-electron chi connectivity index (χ0n) is 9.74. The number of rotatable bonds is 4. The molecule has 0 amide bonds. The lowest BCUT2D eigenvalue weighted by Crippen LogP contribution is -2.24. The average molecular weight is 267 g/mol. The second kappa shape index (κ2) is 4.79. The molecule has 0 atom stereocenters. The highest BCUT2D eigenvalue weighted by Gasteiger charge is 2.14. The molecule has 2 N–H and O–H groups in total. The van der Waals surface area contributed by atoms with Gasteiger partial charge in [0.2, 0.25) is 10.0 Å². The third-order valence-electron chi connectivity index (χ3n) is 2.47. The molecule has 18 heavy (non-hydrogen) atoms. The van der Waals surface area contributed by atoms with Gasteiger partial charge in [-0.1, -0.05) is 6.07 Å². The van der Waals surface area contributed by atoms with E-state index in [0.717, 1.165) is 0 Å². The van der Waals surface area contributed by atoms with Crippen LogP contribution in [0.25, 0.3) is 0 Å². The summed E-state index contributed by atoms with van der Waals surface area (Å²) in [7, 11) is -1.86. The highest BCUT2D eigenvalue weighted by Crippen LogP contribution is 2.15. The lowest BCUT2D eigenvalue weighted by Gasteiger charge is -2.07. The van der Waals surface area contributed by atoms with Crippen molar-refractivity contribution < 1.29 is 13.5 Å². The van der Waals surface area contributed by atoms with Crippen molar-refractivity contribution in [3.05, 3.63) is 42.5 Å². The SMILES string of the molecule is Cn1ccnc1CNS(=O)(=O)c1cccc(O)c1. The fourth-order valence-electron chi connectivity index (χ4n) is 1.46. The molecule has 0 aliphatic rings. The van der Waals surface area contributed by atoms with Crippen LogP contribution in [0, 0.1) is 0 Å². The minimum atomic E-state index is -3.64. The first-order chi connectivity index (χ1) is 8.49. The first-order valence-electron chi connectivity index (χ1n) is 5.24. The Morgan fingerprint density at radius 1 is 1.44 bits per heavy atom. The number of imidazole rings is 1. The van der Waals surface area contributed by atoms with Gasteiger partial charge in [-0.15, -0.1) is 0 Å². The molecule has 1 aromatic heterocycles. The van der Waals surface area contributed by atoms with Crippen molar-refractivity contribution in [2.75, 3.05) is 0 Å². The van der Waals surface area contributed by atoms with E-state index in [1.807, 2.05) is 0 Å². The summed E-state index contributed by atoms with van der Waals surface area (Å²) in [5.41, 5.74) is 0. The van der Waals surface area contributed by atoms with Crippen LogP contribution >= 0.6 is 0 Å². The molecule has 0 aliphatic carbocycles. The molecule has 6 nitrogen and oxygen atoms in total. The van der Waals surface area contributed by atoms with E-state index in [9.17, 15) is 13.5 Å². The Morgan fingerprint density at radius 3 is 2.83 bits per heavy atom. The van der Waals surface area contributed by atoms with Crippen molar-refractivity contribution in [3.63, 3.8) is 0 Å². The monoisotopic (exact) mass is 267 g/mol. The molecule has 0 fully saturated rings. The molecule has 1 aromatic carbocycles. The molecule has 0 aliphatic heterocycles. The van der Waals surface area contributed by atoms with Crippen molar-refractivity contribution >= 4 is 10.0 Å². The normalized spacial score (nSPS) is 11.6. The molecule has 2 rings (SSSR count). The minimum Gasteiger partial charge on any atom is -0.508 e. The average Bonchev–Trinajstić information content (AvgIpc) is 2.72. The summed E-state index contributed by atoms with van der Waals surface area (Å²) in [4.78, 5) is 4.04. The number of benzene rings is 1. The maximum absolute atomic E-state index is 11.9. The van der Waals surface area contributed by atoms with E-state index in [1.165, 1.54) is 24.3 Å². The topological polar surface area (TPSA) is 84.2 Å². The Bertz CT molecular complexity index is 649. The van der Waals surface area contributed by atoms with Crippen LogP contribution in [0.5, 0.6) is 5.75 Å². The third-order valence-corrected chi connectivity index (χ3v) is 3.87. The van der Waals surface area contributed by atoms with E-state index in [-0.39, 0.29) is 17.2 Å². The summed E-state index contributed by atoms with van der Waals surface area (Å²) in [6, 6.07) is 5.50. The Morgan fingerprint density at radius 2 is 2.22 bits per heavy atom.